The number of carbonyl (C=O) groups is 2. The summed E-state index contributed by atoms with van der Waals surface area (Å²) in [6.45, 7) is 9.40. The van der Waals surface area contributed by atoms with E-state index in [0.29, 0.717) is 31.7 Å². The topological polar surface area (TPSA) is 86.8 Å². The van der Waals surface area contributed by atoms with Gasteiger partial charge in [0.15, 0.2) is 5.78 Å². The first-order chi connectivity index (χ1) is 15.1. The van der Waals surface area contributed by atoms with Gasteiger partial charge in [0.25, 0.3) is 0 Å². The lowest BCUT2D eigenvalue weighted by Gasteiger charge is -2.38. The van der Waals surface area contributed by atoms with Crippen LogP contribution >= 0.6 is 0 Å². The first-order valence-corrected chi connectivity index (χ1v) is 12.3. The summed E-state index contributed by atoms with van der Waals surface area (Å²) in [7, 11) is -3.81. The SMILES string of the molecule is CC(=O)c1ccc(N2CCN(C(=O)[C@H](NS(=O)(=O)c3ccc(C)cc3)C(C)C)CC2)cc1. The molecule has 1 fully saturated rings. The molecule has 2 aromatic rings. The Bertz CT molecular complexity index is 1060. The van der Waals surface area contributed by atoms with Crippen molar-refractivity contribution in [2.75, 3.05) is 31.1 Å². The molecule has 1 heterocycles. The number of hydrogen-bond donors (Lipinski definition) is 1. The van der Waals surface area contributed by atoms with Gasteiger partial charge in [0.1, 0.15) is 6.04 Å². The first kappa shape index (κ1) is 23.9. The fourth-order valence-electron chi connectivity index (χ4n) is 3.71. The Morgan fingerprint density at radius 3 is 1.97 bits per heavy atom. The zero-order valence-electron chi connectivity index (χ0n) is 19.0. The van der Waals surface area contributed by atoms with E-state index in [-0.39, 0.29) is 22.5 Å². The van der Waals surface area contributed by atoms with Crippen molar-refractivity contribution >= 4 is 27.4 Å². The molecule has 1 saturated heterocycles. The van der Waals surface area contributed by atoms with Crippen LogP contribution in [0.25, 0.3) is 0 Å². The fraction of sp³-hybridized carbons (Fsp3) is 0.417. The third kappa shape index (κ3) is 5.55. The van der Waals surface area contributed by atoms with E-state index in [9.17, 15) is 18.0 Å². The number of rotatable bonds is 7. The highest BCUT2D eigenvalue weighted by Crippen LogP contribution is 2.20. The van der Waals surface area contributed by atoms with Crippen molar-refractivity contribution in [1.29, 1.82) is 0 Å². The number of anilines is 1. The minimum absolute atomic E-state index is 0.0276. The van der Waals surface area contributed by atoms with Gasteiger partial charge < -0.3 is 9.80 Å². The Morgan fingerprint density at radius 2 is 1.47 bits per heavy atom. The molecule has 32 heavy (non-hydrogen) atoms. The van der Waals surface area contributed by atoms with Gasteiger partial charge in [0.05, 0.1) is 4.90 Å². The summed E-state index contributed by atoms with van der Waals surface area (Å²) in [4.78, 5) is 28.7. The van der Waals surface area contributed by atoms with Crippen molar-refractivity contribution in [2.45, 2.75) is 38.6 Å². The van der Waals surface area contributed by atoms with Crippen molar-refractivity contribution in [3.8, 4) is 0 Å². The van der Waals surface area contributed by atoms with Gasteiger partial charge in [-0.2, -0.15) is 4.72 Å². The quantitative estimate of drug-likeness (QED) is 0.646. The zero-order chi connectivity index (χ0) is 23.5. The maximum Gasteiger partial charge on any atom is 0.241 e. The van der Waals surface area contributed by atoms with Gasteiger partial charge in [-0.15, -0.1) is 0 Å². The molecule has 1 amide bonds. The van der Waals surface area contributed by atoms with Crippen LogP contribution in [0, 0.1) is 12.8 Å². The summed E-state index contributed by atoms with van der Waals surface area (Å²) in [5, 5.41) is 0. The lowest BCUT2D eigenvalue weighted by molar-refractivity contribution is -0.134. The molecule has 0 saturated carbocycles. The Morgan fingerprint density at radius 1 is 0.906 bits per heavy atom. The molecule has 1 aliphatic rings. The van der Waals surface area contributed by atoms with E-state index in [1.807, 2.05) is 45.0 Å². The van der Waals surface area contributed by atoms with E-state index >= 15 is 0 Å². The number of amides is 1. The number of piperazine rings is 1. The van der Waals surface area contributed by atoms with Gasteiger partial charge in [-0.05, 0) is 56.2 Å². The first-order valence-electron chi connectivity index (χ1n) is 10.8. The zero-order valence-corrected chi connectivity index (χ0v) is 19.9. The number of carbonyl (C=O) groups excluding carboxylic acids is 2. The average molecular weight is 458 g/mol. The highest BCUT2D eigenvalue weighted by Gasteiger charge is 2.33. The number of ketones is 1. The molecule has 0 aromatic heterocycles. The predicted octanol–water partition coefficient (Wildman–Crippen LogP) is 2.85. The molecule has 2 aromatic carbocycles. The molecular formula is C24H31N3O4S. The molecule has 1 atom stereocenters. The Balaban J connectivity index is 1.66. The van der Waals surface area contributed by atoms with Crippen LogP contribution in [0.2, 0.25) is 0 Å². The molecule has 8 heteroatoms. The van der Waals surface area contributed by atoms with E-state index in [2.05, 4.69) is 9.62 Å². The Hall–Kier alpha value is -2.71. The number of benzene rings is 2. The van der Waals surface area contributed by atoms with Crippen LogP contribution in [0.3, 0.4) is 0 Å². The van der Waals surface area contributed by atoms with Crippen molar-refractivity contribution in [1.82, 2.24) is 9.62 Å². The largest absolute Gasteiger partial charge is 0.368 e. The van der Waals surface area contributed by atoms with Crippen LogP contribution in [0.4, 0.5) is 5.69 Å². The summed E-state index contributed by atoms with van der Waals surface area (Å²) in [5.74, 6) is -0.373. The molecule has 172 valence electrons. The monoisotopic (exact) mass is 457 g/mol. The normalized spacial score (nSPS) is 15.7. The van der Waals surface area contributed by atoms with Crippen molar-refractivity contribution in [3.05, 3.63) is 59.7 Å². The van der Waals surface area contributed by atoms with Gasteiger partial charge in [0, 0.05) is 37.4 Å². The molecule has 0 unspecified atom stereocenters. The number of nitrogens with zero attached hydrogens (tertiary/aromatic N) is 2. The second-order valence-corrected chi connectivity index (χ2v) is 10.3. The second kappa shape index (κ2) is 9.83. The Labute approximate surface area is 190 Å². The van der Waals surface area contributed by atoms with Crippen molar-refractivity contribution < 1.29 is 18.0 Å². The third-order valence-corrected chi connectivity index (χ3v) is 7.23. The van der Waals surface area contributed by atoms with Gasteiger partial charge in [-0.3, -0.25) is 9.59 Å². The molecule has 0 radical (unpaired) electrons. The molecule has 1 N–H and O–H groups in total. The number of nitrogens with one attached hydrogen (secondary N) is 1. The van der Waals surface area contributed by atoms with Gasteiger partial charge in [-0.25, -0.2) is 8.42 Å². The molecule has 3 rings (SSSR count). The van der Waals surface area contributed by atoms with E-state index in [1.54, 1.807) is 29.2 Å². The van der Waals surface area contributed by atoms with E-state index in [4.69, 9.17) is 0 Å². The molecular weight excluding hydrogens is 426 g/mol. The fourth-order valence-corrected chi connectivity index (χ4v) is 5.05. The predicted molar refractivity (Wildman–Crippen MR) is 125 cm³/mol. The van der Waals surface area contributed by atoms with E-state index in [1.165, 1.54) is 6.92 Å². The van der Waals surface area contributed by atoms with E-state index < -0.39 is 16.1 Å². The van der Waals surface area contributed by atoms with Crippen LogP contribution in [0.15, 0.2) is 53.4 Å². The molecule has 7 nitrogen and oxygen atoms in total. The summed E-state index contributed by atoms with van der Waals surface area (Å²) in [6.07, 6.45) is 0. The molecule has 0 spiro atoms. The highest BCUT2D eigenvalue weighted by atomic mass is 32.2. The summed E-state index contributed by atoms with van der Waals surface area (Å²) in [6, 6.07) is 13.2. The minimum atomic E-state index is -3.81. The van der Waals surface area contributed by atoms with Crippen LogP contribution < -0.4 is 9.62 Å². The smallest absolute Gasteiger partial charge is 0.241 e. The van der Waals surface area contributed by atoms with Crippen LogP contribution in [0.1, 0.15) is 36.7 Å². The lowest BCUT2D eigenvalue weighted by Crippen LogP contribution is -2.56. The Kier molecular flexibility index (Phi) is 7.36. The number of hydrogen-bond acceptors (Lipinski definition) is 5. The standard InChI is InChI=1S/C24H31N3O4S/c1-17(2)23(25-32(30,31)22-11-5-18(3)6-12-22)24(29)27-15-13-26(14-16-27)21-9-7-20(8-10-21)19(4)28/h5-12,17,23,25H,13-16H2,1-4H3/t23-/m1/s1. The van der Waals surface area contributed by atoms with Crippen LogP contribution in [-0.4, -0.2) is 57.2 Å². The highest BCUT2D eigenvalue weighted by molar-refractivity contribution is 7.89. The van der Waals surface area contributed by atoms with Gasteiger partial charge in [-0.1, -0.05) is 31.5 Å². The lowest BCUT2D eigenvalue weighted by atomic mass is 10.0. The third-order valence-electron chi connectivity index (χ3n) is 5.78. The summed E-state index contributed by atoms with van der Waals surface area (Å²) >= 11 is 0. The number of aryl methyl sites for hydroxylation is 1. The van der Waals surface area contributed by atoms with Gasteiger partial charge in [0.2, 0.25) is 15.9 Å². The molecule has 1 aliphatic heterocycles. The average Bonchev–Trinajstić information content (AvgIpc) is 2.77. The number of sulfonamides is 1. The summed E-state index contributed by atoms with van der Waals surface area (Å²) in [5.41, 5.74) is 2.64. The second-order valence-electron chi connectivity index (χ2n) is 8.57. The van der Waals surface area contributed by atoms with Gasteiger partial charge >= 0.3 is 0 Å². The minimum Gasteiger partial charge on any atom is -0.368 e. The maximum absolute atomic E-state index is 13.2. The molecule has 0 bridgehead atoms. The maximum atomic E-state index is 13.2. The van der Waals surface area contributed by atoms with Crippen molar-refractivity contribution in [3.63, 3.8) is 0 Å². The van der Waals surface area contributed by atoms with Crippen LogP contribution in [0.5, 0.6) is 0 Å². The number of Topliss-reactive ketones (excluding diaryl/α,β-unsaturated/α-hetero) is 1. The summed E-state index contributed by atoms with van der Waals surface area (Å²) < 4.78 is 28.3. The van der Waals surface area contributed by atoms with E-state index in [0.717, 1.165) is 11.3 Å². The van der Waals surface area contributed by atoms with Crippen molar-refractivity contribution in [2.24, 2.45) is 5.92 Å². The molecule has 0 aliphatic carbocycles. The van der Waals surface area contributed by atoms with Crippen LogP contribution in [-0.2, 0) is 14.8 Å².